The molecule has 1 heterocycles. The fourth-order valence-electron chi connectivity index (χ4n) is 2.80. The molecule has 1 atom stereocenters. The van der Waals surface area contributed by atoms with Gasteiger partial charge in [-0.05, 0) is 42.3 Å². The number of carbonyl (C=O) groups is 2. The number of ether oxygens (including phenoxy) is 2. The molecule has 1 unspecified atom stereocenters. The number of amides is 2. The van der Waals surface area contributed by atoms with Gasteiger partial charge in [-0.1, -0.05) is 18.2 Å². The molecular weight excluding hydrogens is 320 g/mol. The fourth-order valence-corrected chi connectivity index (χ4v) is 2.80. The summed E-state index contributed by atoms with van der Waals surface area (Å²) in [4.78, 5) is 23.0. The summed E-state index contributed by atoms with van der Waals surface area (Å²) in [7, 11) is 0. The molecular formula is C19H20N2O4. The number of fused-ring (bicyclic) bond motifs is 1. The van der Waals surface area contributed by atoms with Crippen LogP contribution in [0.4, 0.5) is 0 Å². The summed E-state index contributed by atoms with van der Waals surface area (Å²) in [5.74, 6) is 0.939. The van der Waals surface area contributed by atoms with Gasteiger partial charge in [0.25, 0.3) is 11.8 Å². The quantitative estimate of drug-likeness (QED) is 0.839. The van der Waals surface area contributed by atoms with Gasteiger partial charge in [-0.25, -0.2) is 0 Å². The lowest BCUT2D eigenvalue weighted by molar-refractivity contribution is -0.119. The molecule has 0 saturated heterocycles. The van der Waals surface area contributed by atoms with E-state index in [9.17, 15) is 9.59 Å². The summed E-state index contributed by atoms with van der Waals surface area (Å²) in [6.45, 7) is 1.03. The van der Waals surface area contributed by atoms with Crippen LogP contribution in [-0.2, 0) is 4.79 Å². The highest BCUT2D eigenvalue weighted by Crippen LogP contribution is 2.32. The molecule has 6 heteroatoms. The second-order valence-corrected chi connectivity index (χ2v) is 5.86. The van der Waals surface area contributed by atoms with Crippen molar-refractivity contribution < 1.29 is 19.1 Å². The standard InChI is InChI=1S/C19H20N2O4/c20-18(22)12-25-15-7-5-13(6-8-15)19(23)21-11-14-9-10-24-17-4-2-1-3-16(14)17/h1-8,14H,9-12H2,(H2,20,22)(H,21,23). The van der Waals surface area contributed by atoms with Crippen LogP contribution in [0.2, 0.25) is 0 Å². The summed E-state index contributed by atoms with van der Waals surface area (Å²) in [6.07, 6.45) is 0.872. The van der Waals surface area contributed by atoms with Gasteiger partial charge in [-0.15, -0.1) is 0 Å². The van der Waals surface area contributed by atoms with Crippen LogP contribution >= 0.6 is 0 Å². The summed E-state index contributed by atoms with van der Waals surface area (Å²) in [5.41, 5.74) is 6.69. The zero-order chi connectivity index (χ0) is 17.6. The smallest absolute Gasteiger partial charge is 0.255 e. The molecule has 2 amide bonds. The van der Waals surface area contributed by atoms with Crippen molar-refractivity contribution in [2.75, 3.05) is 19.8 Å². The monoisotopic (exact) mass is 340 g/mol. The Morgan fingerprint density at radius 1 is 1.16 bits per heavy atom. The van der Waals surface area contributed by atoms with Gasteiger partial charge in [0.1, 0.15) is 11.5 Å². The van der Waals surface area contributed by atoms with Crippen molar-refractivity contribution in [1.82, 2.24) is 5.32 Å². The fraction of sp³-hybridized carbons (Fsp3) is 0.263. The van der Waals surface area contributed by atoms with Crippen LogP contribution in [0.5, 0.6) is 11.5 Å². The molecule has 3 rings (SSSR count). The number of primary amides is 1. The second-order valence-electron chi connectivity index (χ2n) is 5.86. The summed E-state index contributed by atoms with van der Waals surface area (Å²) >= 11 is 0. The number of carbonyl (C=O) groups excluding carboxylic acids is 2. The second kappa shape index (κ2) is 7.70. The van der Waals surface area contributed by atoms with E-state index in [4.69, 9.17) is 15.2 Å². The summed E-state index contributed by atoms with van der Waals surface area (Å²) < 4.78 is 10.8. The number of rotatable bonds is 6. The summed E-state index contributed by atoms with van der Waals surface area (Å²) in [6, 6.07) is 14.5. The van der Waals surface area contributed by atoms with E-state index in [-0.39, 0.29) is 18.4 Å². The van der Waals surface area contributed by atoms with Crippen LogP contribution in [0.1, 0.15) is 28.3 Å². The maximum atomic E-state index is 12.3. The average Bonchev–Trinajstić information content (AvgIpc) is 2.64. The molecule has 1 aliphatic rings. The SMILES string of the molecule is NC(=O)COc1ccc(C(=O)NCC2CCOc3ccccc32)cc1. The lowest BCUT2D eigenvalue weighted by Crippen LogP contribution is -2.30. The van der Waals surface area contributed by atoms with E-state index in [1.807, 2.05) is 24.3 Å². The number of nitrogens with one attached hydrogen (secondary N) is 1. The lowest BCUT2D eigenvalue weighted by Gasteiger charge is -2.26. The number of hydrogen-bond acceptors (Lipinski definition) is 4. The normalized spacial score (nSPS) is 15.6. The molecule has 6 nitrogen and oxygen atoms in total. The molecule has 3 N–H and O–H groups in total. The Hall–Kier alpha value is -3.02. The van der Waals surface area contributed by atoms with Gasteiger partial charge in [0.05, 0.1) is 6.61 Å². The van der Waals surface area contributed by atoms with Crippen LogP contribution in [0, 0.1) is 0 Å². The van der Waals surface area contributed by atoms with Crippen LogP contribution < -0.4 is 20.5 Å². The first-order valence-corrected chi connectivity index (χ1v) is 8.14. The molecule has 130 valence electrons. The van der Waals surface area contributed by atoms with E-state index in [1.54, 1.807) is 24.3 Å². The van der Waals surface area contributed by atoms with Crippen molar-refractivity contribution in [3.63, 3.8) is 0 Å². The third-order valence-corrected chi connectivity index (χ3v) is 4.09. The Kier molecular flexibility index (Phi) is 5.18. The van der Waals surface area contributed by atoms with Crippen molar-refractivity contribution in [1.29, 1.82) is 0 Å². The Bertz CT molecular complexity index is 758. The van der Waals surface area contributed by atoms with Crippen molar-refractivity contribution in [3.05, 3.63) is 59.7 Å². The van der Waals surface area contributed by atoms with E-state index in [1.165, 1.54) is 0 Å². The molecule has 0 aromatic heterocycles. The maximum absolute atomic E-state index is 12.3. The molecule has 0 saturated carbocycles. The third-order valence-electron chi connectivity index (χ3n) is 4.09. The zero-order valence-electron chi connectivity index (χ0n) is 13.7. The highest BCUT2D eigenvalue weighted by molar-refractivity contribution is 5.94. The van der Waals surface area contributed by atoms with Crippen LogP contribution in [0.25, 0.3) is 0 Å². The van der Waals surface area contributed by atoms with Gasteiger partial charge < -0.3 is 20.5 Å². The first-order chi connectivity index (χ1) is 12.1. The van der Waals surface area contributed by atoms with Crippen LogP contribution in [0.15, 0.2) is 48.5 Å². The highest BCUT2D eigenvalue weighted by Gasteiger charge is 2.21. The topological polar surface area (TPSA) is 90.7 Å². The predicted octanol–water partition coefficient (Wildman–Crippen LogP) is 1.85. The van der Waals surface area contributed by atoms with Crippen molar-refractivity contribution in [3.8, 4) is 11.5 Å². The number of para-hydroxylation sites is 1. The molecule has 0 fully saturated rings. The van der Waals surface area contributed by atoms with E-state index < -0.39 is 5.91 Å². The minimum Gasteiger partial charge on any atom is -0.493 e. The predicted molar refractivity (Wildman–Crippen MR) is 92.8 cm³/mol. The van der Waals surface area contributed by atoms with E-state index >= 15 is 0 Å². The maximum Gasteiger partial charge on any atom is 0.255 e. The number of benzene rings is 2. The average molecular weight is 340 g/mol. The molecule has 0 radical (unpaired) electrons. The molecule has 0 spiro atoms. The van der Waals surface area contributed by atoms with Gasteiger partial charge in [-0.3, -0.25) is 9.59 Å². The van der Waals surface area contributed by atoms with Crippen molar-refractivity contribution >= 4 is 11.8 Å². The Balaban J connectivity index is 1.57. The van der Waals surface area contributed by atoms with Gasteiger partial charge >= 0.3 is 0 Å². The van der Waals surface area contributed by atoms with Gasteiger partial charge in [-0.2, -0.15) is 0 Å². The molecule has 1 aliphatic heterocycles. The first-order valence-electron chi connectivity index (χ1n) is 8.14. The Labute approximate surface area is 145 Å². The minimum absolute atomic E-state index is 0.148. The third kappa shape index (κ3) is 4.29. The van der Waals surface area contributed by atoms with Gasteiger partial charge in [0.2, 0.25) is 0 Å². The highest BCUT2D eigenvalue weighted by atomic mass is 16.5. The molecule has 0 aliphatic carbocycles. The number of hydrogen-bond donors (Lipinski definition) is 2. The molecule has 25 heavy (non-hydrogen) atoms. The van der Waals surface area contributed by atoms with Crippen LogP contribution in [0.3, 0.4) is 0 Å². The van der Waals surface area contributed by atoms with E-state index in [0.717, 1.165) is 17.7 Å². The van der Waals surface area contributed by atoms with Crippen LogP contribution in [-0.4, -0.2) is 31.6 Å². The molecule has 2 aromatic rings. The number of nitrogens with two attached hydrogens (primary N) is 1. The first kappa shape index (κ1) is 16.8. The van der Waals surface area contributed by atoms with Gasteiger partial charge in [0, 0.05) is 18.0 Å². The largest absolute Gasteiger partial charge is 0.493 e. The molecule has 2 aromatic carbocycles. The van der Waals surface area contributed by atoms with E-state index in [2.05, 4.69) is 5.32 Å². The summed E-state index contributed by atoms with van der Waals surface area (Å²) in [5, 5.41) is 2.97. The minimum atomic E-state index is -0.543. The van der Waals surface area contributed by atoms with Crippen molar-refractivity contribution in [2.24, 2.45) is 5.73 Å². The van der Waals surface area contributed by atoms with Gasteiger partial charge in [0.15, 0.2) is 6.61 Å². The Morgan fingerprint density at radius 2 is 1.92 bits per heavy atom. The lowest BCUT2D eigenvalue weighted by atomic mass is 9.93. The van der Waals surface area contributed by atoms with E-state index in [0.29, 0.717) is 24.5 Å². The Morgan fingerprint density at radius 3 is 2.68 bits per heavy atom. The zero-order valence-corrected chi connectivity index (χ0v) is 13.7. The molecule has 0 bridgehead atoms. The van der Waals surface area contributed by atoms with Crippen molar-refractivity contribution in [2.45, 2.75) is 12.3 Å².